The van der Waals surface area contributed by atoms with Crippen LogP contribution in [0.1, 0.15) is 46.0 Å². The van der Waals surface area contributed by atoms with Crippen molar-refractivity contribution in [3.05, 3.63) is 36.5 Å². The fourth-order valence-corrected chi connectivity index (χ4v) is 2.64. The first-order valence-electron chi connectivity index (χ1n) is 6.52. The van der Waals surface area contributed by atoms with Crippen molar-refractivity contribution in [2.24, 2.45) is 11.3 Å². The number of rotatable bonds is 6. The fourth-order valence-electron chi connectivity index (χ4n) is 2.64. The molecule has 2 atom stereocenters. The van der Waals surface area contributed by atoms with E-state index in [4.69, 9.17) is 0 Å². The van der Waals surface area contributed by atoms with Crippen LogP contribution in [0.15, 0.2) is 36.5 Å². The summed E-state index contributed by atoms with van der Waals surface area (Å²) in [4.78, 5) is 11.5. The Hall–Kier alpha value is -1.11. The summed E-state index contributed by atoms with van der Waals surface area (Å²) in [6.45, 7) is 8.03. The van der Waals surface area contributed by atoms with Crippen molar-refractivity contribution in [2.75, 3.05) is 0 Å². The van der Waals surface area contributed by atoms with Crippen LogP contribution in [0.4, 0.5) is 0 Å². The molecule has 0 saturated heterocycles. The van der Waals surface area contributed by atoms with Crippen LogP contribution < -0.4 is 0 Å². The Morgan fingerprint density at radius 2 is 2.29 bits per heavy atom. The molecule has 1 unspecified atom stereocenters. The molecule has 0 spiro atoms. The highest BCUT2D eigenvalue weighted by atomic mass is 16.1. The number of allylic oxidation sites excluding steroid dienone is 5. The molecular weight excluding hydrogens is 208 g/mol. The standard InChI is InChI=1S/C16H24O/c1-4-11-16(13-17)12-6-5-9-15(16)10-7-8-14(2)3/h4-5,8-9,13,15H,1,6-7,10-12H2,2-3H3/t15?,16-/m0/s1. The Labute approximate surface area is 105 Å². The van der Waals surface area contributed by atoms with Crippen molar-refractivity contribution < 1.29 is 4.79 Å². The van der Waals surface area contributed by atoms with Gasteiger partial charge in [-0.25, -0.2) is 0 Å². The molecule has 0 aromatic carbocycles. The van der Waals surface area contributed by atoms with Crippen molar-refractivity contribution >= 4 is 6.29 Å². The SMILES string of the molecule is C=CC[C@@]1(C=O)CCC=CC1CCC=C(C)C. The van der Waals surface area contributed by atoms with Gasteiger partial charge < -0.3 is 4.79 Å². The third kappa shape index (κ3) is 3.69. The van der Waals surface area contributed by atoms with Crippen LogP contribution >= 0.6 is 0 Å². The maximum atomic E-state index is 11.5. The molecule has 0 N–H and O–H groups in total. The van der Waals surface area contributed by atoms with Gasteiger partial charge in [0.25, 0.3) is 0 Å². The summed E-state index contributed by atoms with van der Waals surface area (Å²) in [5.74, 6) is 0.377. The summed E-state index contributed by atoms with van der Waals surface area (Å²) < 4.78 is 0. The van der Waals surface area contributed by atoms with Crippen molar-refractivity contribution in [1.29, 1.82) is 0 Å². The second kappa shape index (κ2) is 6.58. The van der Waals surface area contributed by atoms with Crippen LogP contribution in [-0.2, 0) is 4.79 Å². The first-order chi connectivity index (χ1) is 8.14. The van der Waals surface area contributed by atoms with E-state index in [1.807, 2.05) is 6.08 Å². The van der Waals surface area contributed by atoms with E-state index < -0.39 is 0 Å². The van der Waals surface area contributed by atoms with Gasteiger partial charge in [0.05, 0.1) is 0 Å². The van der Waals surface area contributed by atoms with Gasteiger partial charge in [-0.1, -0.05) is 29.9 Å². The van der Waals surface area contributed by atoms with Gasteiger partial charge in [0.15, 0.2) is 0 Å². The third-order valence-electron chi connectivity index (χ3n) is 3.67. The molecule has 0 fully saturated rings. The zero-order valence-corrected chi connectivity index (χ0v) is 11.1. The largest absolute Gasteiger partial charge is 0.303 e. The lowest BCUT2D eigenvalue weighted by Crippen LogP contribution is -2.32. The minimum absolute atomic E-state index is 0.189. The van der Waals surface area contributed by atoms with E-state index >= 15 is 0 Å². The Bertz CT molecular complexity index is 320. The molecule has 0 bridgehead atoms. The molecule has 0 radical (unpaired) electrons. The molecule has 1 nitrogen and oxygen atoms in total. The minimum Gasteiger partial charge on any atom is -0.303 e. The van der Waals surface area contributed by atoms with Crippen LogP contribution in [-0.4, -0.2) is 6.29 Å². The number of hydrogen-bond acceptors (Lipinski definition) is 1. The second-order valence-corrected chi connectivity index (χ2v) is 5.28. The summed E-state index contributed by atoms with van der Waals surface area (Å²) in [6, 6.07) is 0. The van der Waals surface area contributed by atoms with E-state index in [-0.39, 0.29) is 5.41 Å². The van der Waals surface area contributed by atoms with Crippen LogP contribution in [0.3, 0.4) is 0 Å². The maximum Gasteiger partial charge on any atom is 0.127 e. The molecule has 0 heterocycles. The van der Waals surface area contributed by atoms with E-state index in [1.54, 1.807) is 0 Å². The zero-order valence-electron chi connectivity index (χ0n) is 11.1. The molecule has 1 heteroatoms. The van der Waals surface area contributed by atoms with Gasteiger partial charge in [-0.05, 0) is 51.9 Å². The average Bonchev–Trinajstić information content (AvgIpc) is 2.31. The molecule has 1 aliphatic carbocycles. The number of carbonyl (C=O) groups is 1. The van der Waals surface area contributed by atoms with E-state index in [9.17, 15) is 4.79 Å². The van der Waals surface area contributed by atoms with Gasteiger partial charge >= 0.3 is 0 Å². The van der Waals surface area contributed by atoms with Crippen LogP contribution in [0, 0.1) is 11.3 Å². The normalized spacial score (nSPS) is 27.5. The van der Waals surface area contributed by atoms with E-state index in [0.717, 1.165) is 32.1 Å². The minimum atomic E-state index is -0.189. The summed E-state index contributed by atoms with van der Waals surface area (Å²) >= 11 is 0. The Kier molecular flexibility index (Phi) is 5.40. The number of aldehydes is 1. The Balaban J connectivity index is 2.73. The van der Waals surface area contributed by atoms with Crippen molar-refractivity contribution in [1.82, 2.24) is 0 Å². The van der Waals surface area contributed by atoms with Crippen LogP contribution in [0.5, 0.6) is 0 Å². The third-order valence-corrected chi connectivity index (χ3v) is 3.67. The average molecular weight is 232 g/mol. The monoisotopic (exact) mass is 232 g/mol. The van der Waals surface area contributed by atoms with Crippen molar-refractivity contribution in [2.45, 2.75) is 46.0 Å². The zero-order chi connectivity index (χ0) is 12.7. The highest BCUT2D eigenvalue weighted by Gasteiger charge is 2.36. The van der Waals surface area contributed by atoms with Gasteiger partial charge in [0, 0.05) is 5.41 Å². The lowest BCUT2D eigenvalue weighted by molar-refractivity contribution is -0.118. The first kappa shape index (κ1) is 14.0. The highest BCUT2D eigenvalue weighted by molar-refractivity contribution is 5.61. The Morgan fingerprint density at radius 3 is 2.88 bits per heavy atom. The maximum absolute atomic E-state index is 11.5. The summed E-state index contributed by atoms with van der Waals surface area (Å²) in [5, 5.41) is 0. The molecule has 0 aromatic heterocycles. The summed E-state index contributed by atoms with van der Waals surface area (Å²) in [5.41, 5.74) is 1.16. The molecule has 0 amide bonds. The van der Waals surface area contributed by atoms with Gasteiger partial charge in [-0.15, -0.1) is 6.58 Å². The number of carbonyl (C=O) groups excluding carboxylic acids is 1. The lowest BCUT2D eigenvalue weighted by Gasteiger charge is -2.36. The molecule has 17 heavy (non-hydrogen) atoms. The molecule has 0 aliphatic heterocycles. The predicted octanol–water partition coefficient (Wildman–Crippen LogP) is 4.46. The van der Waals surface area contributed by atoms with Gasteiger partial charge in [0.2, 0.25) is 0 Å². The summed E-state index contributed by atoms with van der Waals surface area (Å²) in [7, 11) is 0. The topological polar surface area (TPSA) is 17.1 Å². The van der Waals surface area contributed by atoms with Gasteiger partial charge in [-0.2, -0.15) is 0 Å². The summed E-state index contributed by atoms with van der Waals surface area (Å²) in [6.07, 6.45) is 14.7. The van der Waals surface area contributed by atoms with Crippen molar-refractivity contribution in [3.8, 4) is 0 Å². The lowest BCUT2D eigenvalue weighted by atomic mass is 9.66. The van der Waals surface area contributed by atoms with Crippen molar-refractivity contribution in [3.63, 3.8) is 0 Å². The fraction of sp³-hybridized carbons (Fsp3) is 0.562. The molecule has 0 saturated carbocycles. The van der Waals surface area contributed by atoms with Gasteiger partial charge in [0.1, 0.15) is 6.29 Å². The number of hydrogen-bond donors (Lipinski definition) is 0. The van der Waals surface area contributed by atoms with Gasteiger partial charge in [-0.3, -0.25) is 0 Å². The van der Waals surface area contributed by atoms with Crippen LogP contribution in [0.25, 0.3) is 0 Å². The molecule has 1 aliphatic rings. The van der Waals surface area contributed by atoms with E-state index in [1.165, 1.54) is 11.9 Å². The molecule has 1 rings (SSSR count). The predicted molar refractivity (Wildman–Crippen MR) is 73.8 cm³/mol. The second-order valence-electron chi connectivity index (χ2n) is 5.28. The molecular formula is C16H24O. The first-order valence-corrected chi connectivity index (χ1v) is 6.52. The highest BCUT2D eigenvalue weighted by Crippen LogP contribution is 2.41. The molecule has 0 aromatic rings. The quantitative estimate of drug-likeness (QED) is 0.488. The van der Waals surface area contributed by atoms with Crippen LogP contribution in [0.2, 0.25) is 0 Å². The van der Waals surface area contributed by atoms with E-state index in [2.05, 4.69) is 38.7 Å². The smallest absolute Gasteiger partial charge is 0.127 e. The van der Waals surface area contributed by atoms with E-state index in [0.29, 0.717) is 5.92 Å². The molecule has 94 valence electrons. The Morgan fingerprint density at radius 1 is 1.53 bits per heavy atom.